The van der Waals surface area contributed by atoms with Gasteiger partial charge < -0.3 is 19.5 Å². The first-order valence-electron chi connectivity index (χ1n) is 7.57. The van der Waals surface area contributed by atoms with Crippen LogP contribution in [0.15, 0.2) is 28.3 Å². The maximum absolute atomic E-state index is 13.4. The second-order valence-corrected chi connectivity index (χ2v) is 7.02. The SMILES string of the molecule is CC(C)(C)c1cc2c(cc1Cl)C=C(C(=O)OCO/N=N\O)C(C(F)(F)F)O2. The third kappa shape index (κ3) is 4.82. The van der Waals surface area contributed by atoms with Gasteiger partial charge in [0.15, 0.2) is 0 Å². The van der Waals surface area contributed by atoms with Crippen molar-refractivity contribution in [2.75, 3.05) is 6.79 Å². The van der Waals surface area contributed by atoms with E-state index < -0.39 is 36.0 Å². The fourth-order valence-corrected chi connectivity index (χ4v) is 2.87. The van der Waals surface area contributed by atoms with Crippen molar-refractivity contribution in [1.29, 1.82) is 0 Å². The van der Waals surface area contributed by atoms with Crippen LogP contribution in [-0.4, -0.2) is 30.2 Å². The number of hydrogen-bond donors (Lipinski definition) is 1. The smallest absolute Gasteiger partial charge is 0.430 e. The van der Waals surface area contributed by atoms with Crippen molar-refractivity contribution in [2.45, 2.75) is 38.5 Å². The third-order valence-corrected chi connectivity index (χ3v) is 3.93. The molecule has 7 nitrogen and oxygen atoms in total. The Morgan fingerprint density at radius 2 is 2.00 bits per heavy atom. The molecule has 0 fully saturated rings. The maximum atomic E-state index is 13.4. The molecule has 1 N–H and O–H groups in total. The van der Waals surface area contributed by atoms with E-state index >= 15 is 0 Å². The van der Waals surface area contributed by atoms with Crippen LogP contribution in [0.1, 0.15) is 31.9 Å². The van der Waals surface area contributed by atoms with E-state index in [0.29, 0.717) is 10.6 Å². The van der Waals surface area contributed by atoms with Gasteiger partial charge in [-0.3, -0.25) is 0 Å². The van der Waals surface area contributed by atoms with Gasteiger partial charge in [-0.2, -0.15) is 13.2 Å². The number of hydrogen-bond acceptors (Lipinski definition) is 6. The Kier molecular flexibility index (Phi) is 5.88. The molecule has 0 saturated carbocycles. The standard InChI is InChI=1S/C16H16ClF3N2O5/c1-15(2,3)10-6-12-8(5-11(10)17)4-9(13(27-12)16(18,19)20)14(23)25-7-26-22-21-24/h4-6,13H,7H2,1-3H3,(H,22,24). The number of ether oxygens (including phenoxy) is 2. The summed E-state index contributed by atoms with van der Waals surface area (Å²) in [6, 6.07) is 2.85. The Hall–Kier alpha value is -2.49. The Bertz CT molecular complexity index is 787. The molecule has 11 heteroatoms. The molecule has 1 atom stereocenters. The van der Waals surface area contributed by atoms with Crippen molar-refractivity contribution in [3.8, 4) is 5.75 Å². The van der Waals surface area contributed by atoms with Gasteiger partial charge >= 0.3 is 12.1 Å². The molecular formula is C16H16ClF3N2O5. The zero-order chi connectivity index (χ0) is 20.4. The normalized spacial score (nSPS) is 17.1. The fourth-order valence-electron chi connectivity index (χ4n) is 2.41. The second kappa shape index (κ2) is 7.63. The number of carbonyl (C=O) groups excluding carboxylic acids is 1. The van der Waals surface area contributed by atoms with Crippen molar-refractivity contribution in [3.63, 3.8) is 0 Å². The molecule has 1 aromatic carbocycles. The van der Waals surface area contributed by atoms with Crippen LogP contribution in [0.3, 0.4) is 0 Å². The number of nitrogens with zero attached hydrogens (tertiary/aromatic N) is 2. The minimum absolute atomic E-state index is 0.0477. The highest BCUT2D eigenvalue weighted by molar-refractivity contribution is 6.31. The van der Waals surface area contributed by atoms with Crippen molar-refractivity contribution in [1.82, 2.24) is 0 Å². The second-order valence-electron chi connectivity index (χ2n) is 6.61. The van der Waals surface area contributed by atoms with Crippen LogP contribution in [0.25, 0.3) is 6.08 Å². The van der Waals surface area contributed by atoms with Crippen molar-refractivity contribution >= 4 is 23.6 Å². The minimum Gasteiger partial charge on any atom is -0.475 e. The zero-order valence-electron chi connectivity index (χ0n) is 14.5. The number of carbonyl (C=O) groups is 1. The summed E-state index contributed by atoms with van der Waals surface area (Å²) >= 11 is 6.23. The molecule has 0 spiro atoms. The first-order valence-corrected chi connectivity index (χ1v) is 7.95. The number of rotatable bonds is 4. The van der Waals surface area contributed by atoms with Crippen LogP contribution < -0.4 is 4.74 Å². The van der Waals surface area contributed by atoms with Crippen LogP contribution >= 0.6 is 11.6 Å². The molecule has 0 aromatic heterocycles. The van der Waals surface area contributed by atoms with Crippen molar-refractivity contribution in [3.05, 3.63) is 33.9 Å². The summed E-state index contributed by atoms with van der Waals surface area (Å²) in [5.41, 5.74) is -0.397. The molecule has 0 saturated heterocycles. The summed E-state index contributed by atoms with van der Waals surface area (Å²) in [4.78, 5) is 16.2. The predicted molar refractivity (Wildman–Crippen MR) is 87.3 cm³/mol. The lowest BCUT2D eigenvalue weighted by atomic mass is 9.85. The molecule has 0 bridgehead atoms. The minimum atomic E-state index is -4.87. The summed E-state index contributed by atoms with van der Waals surface area (Å²) in [6.07, 6.45) is -6.38. The lowest BCUT2D eigenvalue weighted by molar-refractivity contribution is -0.190. The summed E-state index contributed by atoms with van der Waals surface area (Å²) in [5, 5.41) is 13.3. The van der Waals surface area contributed by atoms with E-state index in [4.69, 9.17) is 21.5 Å². The summed E-state index contributed by atoms with van der Waals surface area (Å²) in [5.74, 6) is -1.37. The first-order chi connectivity index (χ1) is 12.4. The van der Waals surface area contributed by atoms with E-state index in [1.165, 1.54) is 12.1 Å². The fraction of sp³-hybridized carbons (Fsp3) is 0.438. The highest BCUT2D eigenvalue weighted by Crippen LogP contribution is 2.42. The van der Waals surface area contributed by atoms with Crippen LogP contribution in [0.4, 0.5) is 13.2 Å². The quantitative estimate of drug-likeness (QED) is 0.258. The molecule has 0 amide bonds. The molecule has 1 unspecified atom stereocenters. The Morgan fingerprint density at radius 3 is 2.56 bits per heavy atom. The highest BCUT2D eigenvalue weighted by atomic mass is 35.5. The number of benzene rings is 1. The topological polar surface area (TPSA) is 89.7 Å². The Balaban J connectivity index is 2.43. The van der Waals surface area contributed by atoms with E-state index in [1.807, 2.05) is 20.8 Å². The molecule has 0 radical (unpaired) electrons. The third-order valence-electron chi connectivity index (χ3n) is 3.62. The van der Waals surface area contributed by atoms with Crippen molar-refractivity contribution in [2.24, 2.45) is 10.6 Å². The van der Waals surface area contributed by atoms with E-state index in [0.717, 1.165) is 6.08 Å². The summed E-state index contributed by atoms with van der Waals surface area (Å²) < 4.78 is 49.8. The molecule has 1 heterocycles. The Morgan fingerprint density at radius 1 is 1.33 bits per heavy atom. The molecule has 1 aliphatic rings. The van der Waals surface area contributed by atoms with Crippen molar-refractivity contribution < 1.29 is 37.5 Å². The average molecular weight is 409 g/mol. The summed E-state index contributed by atoms with van der Waals surface area (Å²) in [7, 11) is 0. The van der Waals surface area contributed by atoms with Gasteiger partial charge in [-0.1, -0.05) is 32.4 Å². The van der Waals surface area contributed by atoms with Crippen LogP contribution in [0.5, 0.6) is 5.75 Å². The van der Waals surface area contributed by atoms with Crippen LogP contribution in [0, 0.1) is 0 Å². The highest BCUT2D eigenvalue weighted by Gasteiger charge is 2.49. The van der Waals surface area contributed by atoms with E-state index in [9.17, 15) is 18.0 Å². The number of esters is 1. The van der Waals surface area contributed by atoms with E-state index in [1.54, 1.807) is 0 Å². The molecule has 148 valence electrons. The molecule has 0 aliphatic carbocycles. The lowest BCUT2D eigenvalue weighted by Gasteiger charge is -2.30. The molecular weight excluding hydrogens is 393 g/mol. The van der Waals surface area contributed by atoms with Gasteiger partial charge in [-0.15, -0.1) is 0 Å². The average Bonchev–Trinajstić information content (AvgIpc) is 2.55. The number of halogens is 4. The van der Waals surface area contributed by atoms with Gasteiger partial charge in [-0.05, 0) is 29.2 Å². The van der Waals surface area contributed by atoms with Gasteiger partial charge in [0, 0.05) is 10.6 Å². The monoisotopic (exact) mass is 408 g/mol. The maximum Gasteiger partial charge on any atom is 0.430 e. The number of fused-ring (bicyclic) bond motifs is 1. The first kappa shape index (κ1) is 20.8. The summed E-state index contributed by atoms with van der Waals surface area (Å²) in [6.45, 7) is 4.72. The zero-order valence-corrected chi connectivity index (χ0v) is 15.3. The van der Waals surface area contributed by atoms with E-state index in [-0.39, 0.29) is 11.3 Å². The van der Waals surface area contributed by atoms with Gasteiger partial charge in [0.2, 0.25) is 6.10 Å². The van der Waals surface area contributed by atoms with Gasteiger partial charge in [0.1, 0.15) is 5.75 Å². The molecule has 27 heavy (non-hydrogen) atoms. The van der Waals surface area contributed by atoms with Crippen LogP contribution in [0.2, 0.25) is 5.02 Å². The van der Waals surface area contributed by atoms with Gasteiger partial charge in [0.05, 0.1) is 16.1 Å². The lowest BCUT2D eigenvalue weighted by Crippen LogP contribution is -2.41. The van der Waals surface area contributed by atoms with Gasteiger partial charge in [-0.25, -0.2) is 4.79 Å². The predicted octanol–water partition coefficient (Wildman–Crippen LogP) is 4.62. The largest absolute Gasteiger partial charge is 0.475 e. The molecule has 2 rings (SSSR count). The van der Waals surface area contributed by atoms with Crippen LogP contribution in [-0.2, 0) is 19.8 Å². The molecule has 1 aliphatic heterocycles. The Labute approximate surface area is 157 Å². The van der Waals surface area contributed by atoms with Gasteiger partial charge in [0.25, 0.3) is 6.79 Å². The van der Waals surface area contributed by atoms with E-state index in [2.05, 4.69) is 20.1 Å². The molecule has 1 aromatic rings. The number of alkyl halides is 3.